The summed E-state index contributed by atoms with van der Waals surface area (Å²) in [4.78, 5) is 21.9. The summed E-state index contributed by atoms with van der Waals surface area (Å²) in [5, 5.41) is 3.20. The number of fused-ring (bicyclic) bond motifs is 1. The molecular formula is C25H20F3N3O2S. The molecule has 1 N–H and O–H groups in total. The zero-order valence-electron chi connectivity index (χ0n) is 18.1. The second-order valence-electron chi connectivity index (χ2n) is 7.37. The maximum Gasteiger partial charge on any atom is 0.416 e. The van der Waals surface area contributed by atoms with Gasteiger partial charge in [0.1, 0.15) is 5.75 Å². The van der Waals surface area contributed by atoms with Crippen LogP contribution in [0, 0.1) is 0 Å². The fraction of sp³-hybridized carbons (Fsp3) is 0.160. The van der Waals surface area contributed by atoms with Gasteiger partial charge in [0.15, 0.2) is 0 Å². The highest BCUT2D eigenvalue weighted by molar-refractivity contribution is 8.14. The van der Waals surface area contributed by atoms with Gasteiger partial charge < -0.3 is 10.1 Å². The summed E-state index contributed by atoms with van der Waals surface area (Å²) in [7, 11) is 1.60. The van der Waals surface area contributed by atoms with Crippen LogP contribution in [0.25, 0.3) is 0 Å². The first-order valence-corrected chi connectivity index (χ1v) is 11.3. The van der Waals surface area contributed by atoms with E-state index in [2.05, 4.69) is 10.3 Å². The number of carbonyl (C=O) groups excluding carboxylic acids is 1. The number of ether oxygens (including phenoxy) is 1. The predicted molar refractivity (Wildman–Crippen MR) is 130 cm³/mol. The number of para-hydroxylation sites is 2. The number of thioether (sulfide) groups is 1. The first kappa shape index (κ1) is 23.6. The maximum atomic E-state index is 12.9. The number of benzene rings is 3. The van der Waals surface area contributed by atoms with Crippen LogP contribution in [-0.2, 0) is 11.0 Å². The number of rotatable bonds is 5. The minimum absolute atomic E-state index is 0.00681. The summed E-state index contributed by atoms with van der Waals surface area (Å²) in [6.07, 6.45) is -4.07. The normalized spacial score (nSPS) is 13.3. The van der Waals surface area contributed by atoms with Gasteiger partial charge in [0.2, 0.25) is 5.91 Å². The smallest absolute Gasteiger partial charge is 0.416 e. The van der Waals surface area contributed by atoms with Crippen LogP contribution in [0.1, 0.15) is 17.5 Å². The van der Waals surface area contributed by atoms with E-state index in [0.29, 0.717) is 17.2 Å². The number of amides is 1. The molecule has 0 spiro atoms. The minimum atomic E-state index is -4.48. The van der Waals surface area contributed by atoms with E-state index in [1.165, 1.54) is 23.9 Å². The summed E-state index contributed by atoms with van der Waals surface area (Å²) in [5.41, 5.74) is 2.37. The zero-order chi connectivity index (χ0) is 24.1. The van der Waals surface area contributed by atoms with Crippen LogP contribution in [0.5, 0.6) is 5.75 Å². The molecule has 0 bridgehead atoms. The highest BCUT2D eigenvalue weighted by Gasteiger charge is 2.30. The van der Waals surface area contributed by atoms with Crippen molar-refractivity contribution in [1.29, 1.82) is 0 Å². The second-order valence-corrected chi connectivity index (χ2v) is 8.42. The molecular weight excluding hydrogens is 463 g/mol. The molecule has 0 saturated carbocycles. The summed E-state index contributed by atoms with van der Waals surface area (Å²) in [6, 6.07) is 19.5. The van der Waals surface area contributed by atoms with Crippen molar-refractivity contribution in [3.63, 3.8) is 0 Å². The van der Waals surface area contributed by atoms with Crippen molar-refractivity contribution in [2.24, 2.45) is 9.98 Å². The molecule has 0 saturated heterocycles. The number of hydrogen-bond donors (Lipinski definition) is 1. The van der Waals surface area contributed by atoms with Gasteiger partial charge in [-0.2, -0.15) is 13.2 Å². The standard InChI is InChI=1S/C25H20F3N3O2S/c1-33-19-11-9-16(10-12-19)22-14-24(31-21-8-3-2-7-20(21)30-22)34-15-23(32)29-18-6-4-5-17(13-18)25(26,27)28/h2-13H,14-15H2,1H3,(H,29,32). The summed E-state index contributed by atoms with van der Waals surface area (Å²) in [6.45, 7) is 0. The van der Waals surface area contributed by atoms with Gasteiger partial charge in [-0.1, -0.05) is 18.2 Å². The fourth-order valence-corrected chi connectivity index (χ4v) is 4.08. The molecule has 1 aliphatic rings. The molecule has 1 heterocycles. The molecule has 1 aliphatic heterocycles. The molecule has 3 aromatic rings. The largest absolute Gasteiger partial charge is 0.497 e. The summed E-state index contributed by atoms with van der Waals surface area (Å²) >= 11 is 1.23. The maximum absolute atomic E-state index is 12.9. The Morgan fingerprint density at radius 1 is 1.00 bits per heavy atom. The van der Waals surface area contributed by atoms with E-state index in [1.54, 1.807) is 7.11 Å². The molecule has 4 rings (SSSR count). The van der Waals surface area contributed by atoms with Crippen LogP contribution < -0.4 is 10.1 Å². The monoisotopic (exact) mass is 483 g/mol. The molecule has 174 valence electrons. The third-order valence-electron chi connectivity index (χ3n) is 4.97. The Balaban J connectivity index is 1.49. The van der Waals surface area contributed by atoms with Crippen LogP contribution in [0.4, 0.5) is 30.2 Å². The fourth-order valence-electron chi connectivity index (χ4n) is 3.31. The summed E-state index contributed by atoms with van der Waals surface area (Å²) < 4.78 is 44.0. The quantitative estimate of drug-likeness (QED) is 0.443. The van der Waals surface area contributed by atoms with E-state index in [4.69, 9.17) is 9.73 Å². The van der Waals surface area contributed by atoms with Crippen LogP contribution in [0.3, 0.4) is 0 Å². The number of aliphatic imine (C=N–C) groups is 2. The SMILES string of the molecule is COc1ccc(C2=Nc3ccccc3N=C(SCC(=O)Nc3cccc(C(F)(F)F)c3)C2)cc1. The van der Waals surface area contributed by atoms with Gasteiger partial charge in [0, 0.05) is 12.1 Å². The molecule has 0 fully saturated rings. The third-order valence-corrected chi connectivity index (χ3v) is 5.94. The molecule has 0 aliphatic carbocycles. The average molecular weight is 484 g/mol. The zero-order valence-corrected chi connectivity index (χ0v) is 18.9. The molecule has 3 aromatic carbocycles. The number of nitrogens with zero attached hydrogens (tertiary/aromatic N) is 2. The van der Waals surface area contributed by atoms with Crippen LogP contribution in [0.15, 0.2) is 82.8 Å². The molecule has 9 heteroatoms. The Morgan fingerprint density at radius 2 is 1.71 bits per heavy atom. The molecule has 0 atom stereocenters. The number of methoxy groups -OCH3 is 1. The van der Waals surface area contributed by atoms with E-state index in [0.717, 1.165) is 34.8 Å². The highest BCUT2D eigenvalue weighted by atomic mass is 32.2. The molecule has 0 aromatic heterocycles. The Labute approximate surface area is 198 Å². The van der Waals surface area contributed by atoms with E-state index in [1.807, 2.05) is 48.5 Å². The number of anilines is 1. The van der Waals surface area contributed by atoms with Crippen molar-refractivity contribution in [1.82, 2.24) is 0 Å². The van der Waals surface area contributed by atoms with E-state index >= 15 is 0 Å². The number of carbonyl (C=O) groups is 1. The molecule has 34 heavy (non-hydrogen) atoms. The molecule has 0 radical (unpaired) electrons. The number of halogens is 3. The number of alkyl halides is 3. The Morgan fingerprint density at radius 3 is 2.38 bits per heavy atom. The number of nitrogens with one attached hydrogen (secondary N) is 1. The van der Waals surface area contributed by atoms with Crippen molar-refractivity contribution in [2.75, 3.05) is 18.2 Å². The molecule has 0 unspecified atom stereocenters. The molecule has 1 amide bonds. The van der Waals surface area contributed by atoms with Crippen molar-refractivity contribution in [2.45, 2.75) is 12.6 Å². The minimum Gasteiger partial charge on any atom is -0.497 e. The van der Waals surface area contributed by atoms with Crippen LogP contribution in [-0.4, -0.2) is 29.5 Å². The Kier molecular flexibility index (Phi) is 7.02. The van der Waals surface area contributed by atoms with Crippen molar-refractivity contribution in [3.05, 3.63) is 83.9 Å². The second kappa shape index (κ2) is 10.1. The summed E-state index contributed by atoms with van der Waals surface area (Å²) in [5.74, 6) is 0.299. The highest BCUT2D eigenvalue weighted by Crippen LogP contribution is 2.34. The lowest BCUT2D eigenvalue weighted by molar-refractivity contribution is -0.137. The topological polar surface area (TPSA) is 63.1 Å². The van der Waals surface area contributed by atoms with E-state index < -0.39 is 17.6 Å². The van der Waals surface area contributed by atoms with Crippen molar-refractivity contribution in [3.8, 4) is 5.75 Å². The molecule has 5 nitrogen and oxygen atoms in total. The lowest BCUT2D eigenvalue weighted by atomic mass is 10.1. The van der Waals surface area contributed by atoms with Gasteiger partial charge in [0.25, 0.3) is 0 Å². The van der Waals surface area contributed by atoms with Gasteiger partial charge >= 0.3 is 6.18 Å². The van der Waals surface area contributed by atoms with Crippen LogP contribution >= 0.6 is 11.8 Å². The van der Waals surface area contributed by atoms with E-state index in [9.17, 15) is 18.0 Å². The lowest BCUT2D eigenvalue weighted by Crippen LogP contribution is -2.17. The predicted octanol–water partition coefficient (Wildman–Crippen LogP) is 6.64. The van der Waals surface area contributed by atoms with Gasteiger partial charge in [-0.3, -0.25) is 9.79 Å². The van der Waals surface area contributed by atoms with Gasteiger partial charge in [0.05, 0.1) is 40.6 Å². The lowest BCUT2D eigenvalue weighted by Gasteiger charge is -2.11. The van der Waals surface area contributed by atoms with Crippen molar-refractivity contribution < 1.29 is 22.7 Å². The first-order chi connectivity index (χ1) is 16.3. The van der Waals surface area contributed by atoms with Crippen LogP contribution in [0.2, 0.25) is 0 Å². The van der Waals surface area contributed by atoms with E-state index in [-0.39, 0.29) is 11.4 Å². The Bertz CT molecular complexity index is 1250. The first-order valence-electron chi connectivity index (χ1n) is 10.3. The van der Waals surface area contributed by atoms with Crippen molar-refractivity contribution >= 4 is 45.5 Å². The van der Waals surface area contributed by atoms with Gasteiger partial charge in [-0.05, 0) is 60.2 Å². The Hall–Kier alpha value is -3.59. The van der Waals surface area contributed by atoms with Gasteiger partial charge in [-0.25, -0.2) is 4.99 Å². The number of hydrogen-bond acceptors (Lipinski definition) is 5. The average Bonchev–Trinajstić information content (AvgIpc) is 3.02. The third kappa shape index (κ3) is 5.85. The van der Waals surface area contributed by atoms with Gasteiger partial charge in [-0.15, -0.1) is 11.8 Å².